The van der Waals surface area contributed by atoms with Crippen LogP contribution in [-0.2, 0) is 4.74 Å². The van der Waals surface area contributed by atoms with Crippen molar-refractivity contribution in [3.05, 3.63) is 35.4 Å². The number of ether oxygens (including phenoxy) is 1. The van der Waals surface area contributed by atoms with Crippen molar-refractivity contribution in [3.63, 3.8) is 0 Å². The van der Waals surface area contributed by atoms with Crippen LogP contribution in [-0.4, -0.2) is 23.6 Å². The molecule has 3 nitrogen and oxygen atoms in total. The molecule has 1 aromatic rings. The van der Waals surface area contributed by atoms with Crippen molar-refractivity contribution in [2.75, 3.05) is 7.05 Å². The first kappa shape index (κ1) is 14.6. The van der Waals surface area contributed by atoms with E-state index in [9.17, 15) is 4.79 Å². The lowest BCUT2D eigenvalue weighted by molar-refractivity contribution is 0.0234. The standard InChI is InChI=1S/C15H23NO2/c1-11-7-9-13(10-8-11)12(2)16(6)14(17)18-15(3,4)5/h7-10,12H,1-6H3. The lowest BCUT2D eigenvalue weighted by atomic mass is 10.1. The highest BCUT2D eigenvalue weighted by atomic mass is 16.6. The summed E-state index contributed by atoms with van der Waals surface area (Å²) in [5, 5.41) is 0. The van der Waals surface area contributed by atoms with Gasteiger partial charge in [0.25, 0.3) is 0 Å². The van der Waals surface area contributed by atoms with E-state index < -0.39 is 5.60 Å². The molecule has 0 aliphatic carbocycles. The van der Waals surface area contributed by atoms with Gasteiger partial charge in [0.1, 0.15) is 5.60 Å². The summed E-state index contributed by atoms with van der Waals surface area (Å²) in [5.74, 6) is 0. The Kier molecular flexibility index (Phi) is 4.38. The maximum absolute atomic E-state index is 11.9. The summed E-state index contributed by atoms with van der Waals surface area (Å²) in [6.07, 6.45) is -0.296. The summed E-state index contributed by atoms with van der Waals surface area (Å²) in [4.78, 5) is 13.6. The van der Waals surface area contributed by atoms with Crippen molar-refractivity contribution in [2.45, 2.75) is 46.3 Å². The first-order valence-corrected chi connectivity index (χ1v) is 6.23. The van der Waals surface area contributed by atoms with Crippen molar-refractivity contribution in [3.8, 4) is 0 Å². The molecule has 1 rings (SSSR count). The van der Waals surface area contributed by atoms with Gasteiger partial charge in [0, 0.05) is 7.05 Å². The van der Waals surface area contributed by atoms with Gasteiger partial charge in [0.15, 0.2) is 0 Å². The molecule has 0 aromatic heterocycles. The minimum Gasteiger partial charge on any atom is -0.444 e. The highest BCUT2D eigenvalue weighted by Crippen LogP contribution is 2.21. The molecule has 0 saturated heterocycles. The largest absolute Gasteiger partial charge is 0.444 e. The van der Waals surface area contributed by atoms with Crippen LogP contribution in [0.2, 0.25) is 0 Å². The second-order valence-electron chi connectivity index (χ2n) is 5.68. The molecule has 0 saturated carbocycles. The molecule has 0 radical (unpaired) electrons. The Morgan fingerprint density at radius 1 is 1.22 bits per heavy atom. The van der Waals surface area contributed by atoms with Crippen LogP contribution in [0.3, 0.4) is 0 Å². The van der Waals surface area contributed by atoms with E-state index in [2.05, 4.69) is 12.1 Å². The predicted molar refractivity (Wildman–Crippen MR) is 73.6 cm³/mol. The molecule has 100 valence electrons. The predicted octanol–water partition coefficient (Wildman–Crippen LogP) is 3.92. The zero-order valence-electron chi connectivity index (χ0n) is 12.2. The van der Waals surface area contributed by atoms with Crippen molar-refractivity contribution in [1.82, 2.24) is 4.90 Å². The van der Waals surface area contributed by atoms with E-state index >= 15 is 0 Å². The van der Waals surface area contributed by atoms with Crippen molar-refractivity contribution >= 4 is 6.09 Å². The Balaban J connectivity index is 2.74. The quantitative estimate of drug-likeness (QED) is 0.795. The van der Waals surface area contributed by atoms with E-state index in [-0.39, 0.29) is 12.1 Å². The minimum absolute atomic E-state index is 0.000417. The molecular weight excluding hydrogens is 226 g/mol. The number of aryl methyl sites for hydroxylation is 1. The maximum Gasteiger partial charge on any atom is 0.410 e. The molecule has 1 amide bonds. The van der Waals surface area contributed by atoms with E-state index in [1.807, 2.05) is 46.8 Å². The zero-order valence-corrected chi connectivity index (χ0v) is 12.2. The number of carbonyl (C=O) groups is 1. The van der Waals surface area contributed by atoms with Crippen LogP contribution >= 0.6 is 0 Å². The van der Waals surface area contributed by atoms with Crippen molar-refractivity contribution in [1.29, 1.82) is 0 Å². The summed E-state index contributed by atoms with van der Waals surface area (Å²) in [5.41, 5.74) is 1.86. The molecule has 0 bridgehead atoms. The molecule has 0 aliphatic heterocycles. The second-order valence-corrected chi connectivity index (χ2v) is 5.68. The van der Waals surface area contributed by atoms with E-state index in [0.717, 1.165) is 5.56 Å². The smallest absolute Gasteiger partial charge is 0.410 e. The Bertz CT molecular complexity index is 403. The third-order valence-corrected chi connectivity index (χ3v) is 2.82. The van der Waals surface area contributed by atoms with Crippen LogP contribution in [0.1, 0.15) is 44.9 Å². The highest BCUT2D eigenvalue weighted by molar-refractivity contribution is 5.68. The van der Waals surface area contributed by atoms with Crippen molar-refractivity contribution in [2.24, 2.45) is 0 Å². The summed E-state index contributed by atoms with van der Waals surface area (Å²) < 4.78 is 5.35. The van der Waals surface area contributed by atoms with Gasteiger partial charge in [0.05, 0.1) is 6.04 Å². The molecule has 3 heteroatoms. The first-order chi connectivity index (χ1) is 8.20. The van der Waals surface area contributed by atoms with E-state index in [1.165, 1.54) is 5.56 Å². The van der Waals surface area contributed by atoms with E-state index in [4.69, 9.17) is 4.74 Å². The number of nitrogens with zero attached hydrogens (tertiary/aromatic N) is 1. The van der Waals surface area contributed by atoms with Crippen LogP contribution < -0.4 is 0 Å². The van der Waals surface area contributed by atoms with E-state index in [1.54, 1.807) is 11.9 Å². The van der Waals surface area contributed by atoms with Crippen molar-refractivity contribution < 1.29 is 9.53 Å². The number of carbonyl (C=O) groups excluding carboxylic acids is 1. The Hall–Kier alpha value is -1.51. The van der Waals surface area contributed by atoms with Gasteiger partial charge >= 0.3 is 6.09 Å². The first-order valence-electron chi connectivity index (χ1n) is 6.23. The molecule has 0 fully saturated rings. The Morgan fingerprint density at radius 3 is 2.17 bits per heavy atom. The van der Waals surface area contributed by atoms with Gasteiger partial charge in [-0.1, -0.05) is 29.8 Å². The average molecular weight is 249 g/mol. The fourth-order valence-corrected chi connectivity index (χ4v) is 1.56. The van der Waals surface area contributed by atoms with Crippen LogP contribution in [0.15, 0.2) is 24.3 Å². The number of amides is 1. The third kappa shape index (κ3) is 4.06. The number of hydrogen-bond acceptors (Lipinski definition) is 2. The zero-order chi connectivity index (χ0) is 13.9. The normalized spacial score (nSPS) is 13.0. The van der Waals surface area contributed by atoms with E-state index in [0.29, 0.717) is 0 Å². The SMILES string of the molecule is Cc1ccc(C(C)N(C)C(=O)OC(C)(C)C)cc1. The highest BCUT2D eigenvalue weighted by Gasteiger charge is 2.23. The lowest BCUT2D eigenvalue weighted by Gasteiger charge is -2.29. The molecular formula is C15H23NO2. The maximum atomic E-state index is 11.9. The van der Waals surface area contributed by atoms with Gasteiger partial charge in [-0.15, -0.1) is 0 Å². The Labute approximate surface area is 110 Å². The third-order valence-electron chi connectivity index (χ3n) is 2.82. The lowest BCUT2D eigenvalue weighted by Crippen LogP contribution is -2.35. The summed E-state index contributed by atoms with van der Waals surface area (Å²) in [6.45, 7) is 9.65. The summed E-state index contributed by atoms with van der Waals surface area (Å²) in [6, 6.07) is 8.19. The second kappa shape index (κ2) is 5.42. The topological polar surface area (TPSA) is 29.5 Å². The molecule has 0 aliphatic rings. The summed E-state index contributed by atoms with van der Waals surface area (Å²) in [7, 11) is 1.76. The molecule has 0 heterocycles. The minimum atomic E-state index is -0.460. The van der Waals surface area contributed by atoms with Gasteiger partial charge < -0.3 is 9.64 Å². The molecule has 0 spiro atoms. The molecule has 0 N–H and O–H groups in total. The summed E-state index contributed by atoms with van der Waals surface area (Å²) >= 11 is 0. The molecule has 1 atom stereocenters. The van der Waals surface area contributed by atoms with Crippen LogP contribution in [0.4, 0.5) is 4.79 Å². The average Bonchev–Trinajstić information content (AvgIpc) is 2.26. The van der Waals surface area contributed by atoms with Crippen LogP contribution in [0.25, 0.3) is 0 Å². The van der Waals surface area contributed by atoms with Gasteiger partial charge in [-0.2, -0.15) is 0 Å². The van der Waals surface area contributed by atoms with Gasteiger partial charge in [-0.25, -0.2) is 4.79 Å². The Morgan fingerprint density at radius 2 is 1.72 bits per heavy atom. The fraction of sp³-hybridized carbons (Fsp3) is 0.533. The number of hydrogen-bond donors (Lipinski definition) is 0. The van der Waals surface area contributed by atoms with Gasteiger partial charge in [0.2, 0.25) is 0 Å². The monoisotopic (exact) mass is 249 g/mol. The number of benzene rings is 1. The number of rotatable bonds is 2. The molecule has 18 heavy (non-hydrogen) atoms. The van der Waals surface area contributed by atoms with Gasteiger partial charge in [-0.05, 0) is 40.2 Å². The fourth-order valence-electron chi connectivity index (χ4n) is 1.56. The van der Waals surface area contributed by atoms with Crippen LogP contribution in [0, 0.1) is 6.92 Å². The van der Waals surface area contributed by atoms with Gasteiger partial charge in [-0.3, -0.25) is 0 Å². The molecule has 1 unspecified atom stereocenters. The van der Waals surface area contributed by atoms with Crippen LogP contribution in [0.5, 0.6) is 0 Å². The molecule has 1 aromatic carbocycles.